The Morgan fingerprint density at radius 2 is 0.685 bits per heavy atom. The number of nitrogens with zero attached hydrogens (tertiary/aromatic N) is 3. The van der Waals surface area contributed by atoms with Gasteiger partial charge in [-0.15, -0.1) is 0 Å². The SMILES string of the molecule is CC(C)c1cc(C(C)C)c(B2c3ccccc3Oc3cc4c(cc32)B2c3ccccc3N3c5ccccc5B(c5c(-c6ccccc6)cccc5-c5ccccc5)c5c6c7c(c2c53)N4c2ccccc2B7c2ccccc2N6c2ccccc2)c(C(C)C)c1. The molecule has 0 radical (unpaired) electrons. The van der Waals surface area contributed by atoms with Crippen LogP contribution in [0.2, 0.25) is 0 Å². The van der Waals surface area contributed by atoms with Crippen LogP contribution in [0.1, 0.15) is 76.0 Å². The van der Waals surface area contributed by atoms with Gasteiger partial charge in [0, 0.05) is 57.3 Å². The van der Waals surface area contributed by atoms with Gasteiger partial charge in [-0.25, -0.2) is 0 Å². The van der Waals surface area contributed by atoms with Crippen molar-refractivity contribution in [1.82, 2.24) is 0 Å². The third-order valence-corrected chi connectivity index (χ3v) is 20.5. The van der Waals surface area contributed by atoms with E-state index in [9.17, 15) is 0 Å². The van der Waals surface area contributed by atoms with Gasteiger partial charge in [0.2, 0.25) is 0 Å². The highest BCUT2D eigenvalue weighted by molar-refractivity contribution is 7.09. The molecule has 0 spiro atoms. The lowest BCUT2D eigenvalue weighted by atomic mass is 9.24. The molecular formula is C81H63B4N3O. The van der Waals surface area contributed by atoms with Crippen LogP contribution in [-0.2, 0) is 0 Å². The Morgan fingerprint density at radius 3 is 1.20 bits per heavy atom. The van der Waals surface area contributed by atoms with Gasteiger partial charge in [-0.1, -0.05) is 259 Å². The number of benzene rings is 12. The van der Waals surface area contributed by atoms with E-state index in [0.29, 0.717) is 17.8 Å². The van der Waals surface area contributed by atoms with E-state index in [1.165, 1.54) is 144 Å². The van der Waals surface area contributed by atoms with Crippen LogP contribution in [0.25, 0.3) is 22.3 Å². The summed E-state index contributed by atoms with van der Waals surface area (Å²) in [6, 6.07) is 97.1. The van der Waals surface area contributed by atoms with Crippen molar-refractivity contribution in [2.75, 3.05) is 14.7 Å². The van der Waals surface area contributed by atoms with Crippen molar-refractivity contribution >= 4 is 144 Å². The van der Waals surface area contributed by atoms with Crippen molar-refractivity contribution in [3.63, 3.8) is 0 Å². The van der Waals surface area contributed by atoms with Gasteiger partial charge in [-0.05, 0) is 154 Å². The zero-order valence-corrected chi connectivity index (χ0v) is 51.0. The van der Waals surface area contributed by atoms with Crippen LogP contribution < -0.4 is 85.0 Å². The van der Waals surface area contributed by atoms with E-state index in [4.69, 9.17) is 4.74 Å². The van der Waals surface area contributed by atoms with Gasteiger partial charge in [0.05, 0.1) is 0 Å². The fraction of sp³-hybridized carbons (Fsp3) is 0.111. The van der Waals surface area contributed by atoms with E-state index >= 15 is 0 Å². The van der Waals surface area contributed by atoms with Crippen molar-refractivity contribution in [2.24, 2.45) is 0 Å². The summed E-state index contributed by atoms with van der Waals surface area (Å²) in [5.41, 5.74) is 35.7. The lowest BCUT2D eigenvalue weighted by Crippen LogP contribution is -2.73. The molecule has 12 aromatic carbocycles. The maximum Gasteiger partial charge on any atom is 0.252 e. The Hall–Kier alpha value is -9.90. The monoisotopic (exact) mass is 1140 g/mol. The molecule has 8 heteroatoms. The lowest BCUT2D eigenvalue weighted by Gasteiger charge is -2.54. The Labute approximate surface area is 524 Å². The van der Waals surface area contributed by atoms with Crippen LogP contribution in [0.5, 0.6) is 11.5 Å². The average molecular weight is 1140 g/mol. The molecule has 18 rings (SSSR count). The molecule has 6 aliphatic rings. The molecule has 6 heterocycles. The minimum Gasteiger partial charge on any atom is -0.458 e. The largest absolute Gasteiger partial charge is 0.458 e. The molecule has 0 saturated carbocycles. The lowest BCUT2D eigenvalue weighted by molar-refractivity contribution is 0.487. The zero-order valence-electron chi connectivity index (χ0n) is 51.0. The summed E-state index contributed by atoms with van der Waals surface area (Å²) in [5, 5.41) is 0. The molecule has 0 N–H and O–H groups in total. The fourth-order valence-corrected chi connectivity index (χ4v) is 16.9. The molecule has 0 amide bonds. The number of hydrogen-bond donors (Lipinski definition) is 0. The van der Waals surface area contributed by atoms with Gasteiger partial charge in [0.15, 0.2) is 0 Å². The molecule has 0 aromatic heterocycles. The number of hydrogen-bond acceptors (Lipinski definition) is 4. The molecule has 12 aromatic rings. The maximum absolute atomic E-state index is 7.47. The summed E-state index contributed by atoms with van der Waals surface area (Å²) in [5.74, 6) is 2.82. The second kappa shape index (κ2) is 19.8. The second-order valence-electron chi connectivity index (χ2n) is 26.3. The highest BCUT2D eigenvalue weighted by Gasteiger charge is 2.57. The van der Waals surface area contributed by atoms with E-state index in [0.717, 1.165) is 22.9 Å². The molecule has 0 fully saturated rings. The van der Waals surface area contributed by atoms with Crippen LogP contribution in [0, 0.1) is 0 Å². The van der Waals surface area contributed by atoms with Crippen LogP contribution in [0.4, 0.5) is 51.2 Å². The molecule has 0 aliphatic carbocycles. The van der Waals surface area contributed by atoms with Crippen molar-refractivity contribution in [3.8, 4) is 33.8 Å². The first-order valence-corrected chi connectivity index (χ1v) is 32.1. The first kappa shape index (κ1) is 52.2. The predicted octanol–water partition coefficient (Wildman–Crippen LogP) is 12.5. The van der Waals surface area contributed by atoms with Gasteiger partial charge >= 0.3 is 0 Å². The quantitative estimate of drug-likeness (QED) is 0.141. The summed E-state index contributed by atoms with van der Waals surface area (Å²) < 4.78 is 7.47. The number of ether oxygens (including phenoxy) is 1. The van der Waals surface area contributed by atoms with Gasteiger partial charge in [0.25, 0.3) is 26.9 Å². The smallest absolute Gasteiger partial charge is 0.252 e. The van der Waals surface area contributed by atoms with E-state index < -0.39 is 0 Å². The average Bonchev–Trinajstić information content (AvgIpc) is 0.656. The van der Waals surface area contributed by atoms with E-state index in [2.05, 4.69) is 311 Å². The van der Waals surface area contributed by atoms with Crippen LogP contribution >= 0.6 is 0 Å². The Kier molecular flexibility index (Phi) is 11.6. The summed E-state index contributed by atoms with van der Waals surface area (Å²) in [6.45, 7) is 13.7. The predicted molar refractivity (Wildman–Crippen MR) is 382 cm³/mol. The van der Waals surface area contributed by atoms with Crippen molar-refractivity contribution in [3.05, 3.63) is 271 Å². The Balaban J connectivity index is 1.03. The molecule has 0 unspecified atom stereocenters. The fourth-order valence-electron chi connectivity index (χ4n) is 16.9. The standard InChI is InChI=1S/C81H63B4N3O/c1-49(2)54-45-58(50(3)4)75(59(46-54)51(5)6)84-64-39-20-25-44-72(64)89-73-48-71-65(47-66(73)84)83-62-37-18-22-41-68(62)87-70-43-24-19-38-63(70)85(74-56(52-27-10-7-11-28-52)33-26-34-57(74)53-29-12-8-13-30-53)78-79-76-80(77(83)81(78)87)88(71)69-42-23-17-36-61(69)82(76)60-35-16-21-40-67(60)86(79)55-31-14-9-15-32-55/h7-51H,1-6H3. The van der Waals surface area contributed by atoms with E-state index in [1.807, 2.05) is 0 Å². The minimum atomic E-state index is -0.244. The van der Waals surface area contributed by atoms with Gasteiger partial charge in [0.1, 0.15) is 11.5 Å². The molecule has 0 saturated heterocycles. The number of para-hydroxylation sites is 6. The highest BCUT2D eigenvalue weighted by atomic mass is 16.5. The topological polar surface area (TPSA) is 19.0 Å². The van der Waals surface area contributed by atoms with Crippen LogP contribution in [0.3, 0.4) is 0 Å². The number of anilines is 9. The summed E-state index contributed by atoms with van der Waals surface area (Å²) in [4.78, 5) is 8.07. The highest BCUT2D eigenvalue weighted by Crippen LogP contribution is 2.51. The summed E-state index contributed by atoms with van der Waals surface area (Å²) in [7, 11) is 0. The second-order valence-corrected chi connectivity index (χ2v) is 26.3. The zero-order chi connectivity index (χ0) is 59.5. The summed E-state index contributed by atoms with van der Waals surface area (Å²) in [6.07, 6.45) is 0. The van der Waals surface area contributed by atoms with Crippen molar-refractivity contribution in [1.29, 1.82) is 0 Å². The van der Waals surface area contributed by atoms with Gasteiger partial charge < -0.3 is 19.4 Å². The molecule has 420 valence electrons. The van der Waals surface area contributed by atoms with E-state index in [1.54, 1.807) is 0 Å². The maximum atomic E-state index is 7.47. The number of fused-ring (bicyclic) bond motifs is 16. The first-order chi connectivity index (χ1) is 43.7. The Bertz CT molecular complexity index is 4840. The molecular weight excluding hydrogens is 1070 g/mol. The minimum absolute atomic E-state index is 0.0819. The van der Waals surface area contributed by atoms with Crippen molar-refractivity contribution in [2.45, 2.75) is 59.3 Å². The van der Waals surface area contributed by atoms with Gasteiger partial charge in [-0.2, -0.15) is 0 Å². The molecule has 4 nitrogen and oxygen atoms in total. The van der Waals surface area contributed by atoms with Crippen LogP contribution in [0.15, 0.2) is 255 Å². The van der Waals surface area contributed by atoms with E-state index in [-0.39, 0.29) is 26.9 Å². The van der Waals surface area contributed by atoms with Crippen LogP contribution in [-0.4, -0.2) is 26.9 Å². The summed E-state index contributed by atoms with van der Waals surface area (Å²) >= 11 is 0. The molecule has 0 atom stereocenters. The van der Waals surface area contributed by atoms with Crippen molar-refractivity contribution < 1.29 is 4.74 Å². The third-order valence-electron chi connectivity index (χ3n) is 20.5. The molecule has 6 aliphatic heterocycles. The molecule has 89 heavy (non-hydrogen) atoms. The number of rotatable bonds is 8. The van der Waals surface area contributed by atoms with Gasteiger partial charge in [-0.3, -0.25) is 0 Å². The first-order valence-electron chi connectivity index (χ1n) is 32.1. The molecule has 0 bridgehead atoms. The normalized spacial score (nSPS) is 14.0. The Morgan fingerprint density at radius 1 is 0.281 bits per heavy atom. The third kappa shape index (κ3) is 7.41.